The summed E-state index contributed by atoms with van der Waals surface area (Å²) in [5.74, 6) is -3.13. The fourth-order valence-electron chi connectivity index (χ4n) is 1.03. The second-order valence-electron chi connectivity index (χ2n) is 2.77. The summed E-state index contributed by atoms with van der Waals surface area (Å²) in [6.45, 7) is 0. The van der Waals surface area contributed by atoms with Crippen LogP contribution in [0.25, 0.3) is 0 Å². The first-order chi connectivity index (χ1) is 8.01. The highest BCUT2D eigenvalue weighted by Gasteiger charge is 2.34. The van der Waals surface area contributed by atoms with Crippen molar-refractivity contribution in [1.82, 2.24) is 4.98 Å². The largest absolute Gasteiger partial charge is 0.468 e. The van der Waals surface area contributed by atoms with E-state index in [9.17, 15) is 19.7 Å². The lowest BCUT2D eigenvalue weighted by Gasteiger charge is -2.08. The van der Waals surface area contributed by atoms with Gasteiger partial charge in [-0.3, -0.25) is 19.7 Å². The molecule has 9 heteroatoms. The Morgan fingerprint density at radius 1 is 1.41 bits per heavy atom. The molecule has 17 heavy (non-hydrogen) atoms. The Labute approximate surface area is 99.3 Å². The van der Waals surface area contributed by atoms with Crippen LogP contribution < -0.4 is 0 Å². The van der Waals surface area contributed by atoms with E-state index in [4.69, 9.17) is 0 Å². The van der Waals surface area contributed by atoms with Crippen LogP contribution in [0.1, 0.15) is 10.9 Å². The van der Waals surface area contributed by atoms with Gasteiger partial charge in [0.2, 0.25) is 5.92 Å². The number of hydrogen-bond donors (Lipinski definition) is 0. The lowest BCUT2D eigenvalue weighted by molar-refractivity contribution is -0.380. The number of esters is 2. The highest BCUT2D eigenvalue weighted by Crippen LogP contribution is 2.28. The Balaban J connectivity index is 3.08. The zero-order chi connectivity index (χ0) is 13.0. The van der Waals surface area contributed by atoms with Gasteiger partial charge in [0.1, 0.15) is 11.2 Å². The number of methoxy groups -OCH3 is 2. The first-order valence-corrected chi connectivity index (χ1v) is 5.08. The van der Waals surface area contributed by atoms with E-state index >= 15 is 0 Å². The average Bonchev–Trinajstić information content (AvgIpc) is 2.78. The Bertz CT molecular complexity index is 441. The number of rotatable bonds is 4. The number of aromatic nitrogens is 1. The van der Waals surface area contributed by atoms with Gasteiger partial charge in [0.05, 0.1) is 19.1 Å². The van der Waals surface area contributed by atoms with Crippen LogP contribution in [0.2, 0.25) is 0 Å². The van der Waals surface area contributed by atoms with Crippen molar-refractivity contribution >= 4 is 28.3 Å². The van der Waals surface area contributed by atoms with E-state index in [1.54, 1.807) is 0 Å². The first kappa shape index (κ1) is 13.0. The van der Waals surface area contributed by atoms with E-state index < -0.39 is 22.8 Å². The van der Waals surface area contributed by atoms with Crippen molar-refractivity contribution in [3.8, 4) is 0 Å². The molecule has 1 aromatic heterocycles. The smallest absolute Gasteiger partial charge is 0.343 e. The third-order valence-corrected chi connectivity index (χ3v) is 2.83. The number of thiazole rings is 1. The number of hydrogen-bond acceptors (Lipinski definition) is 8. The second kappa shape index (κ2) is 5.34. The number of nitro groups is 1. The van der Waals surface area contributed by atoms with Gasteiger partial charge in [0, 0.05) is 0 Å². The molecule has 0 saturated carbocycles. The molecule has 92 valence electrons. The quantitative estimate of drug-likeness (QED) is 0.335. The van der Waals surface area contributed by atoms with Gasteiger partial charge < -0.3 is 9.47 Å². The molecular weight excluding hydrogens is 252 g/mol. The second-order valence-corrected chi connectivity index (χ2v) is 3.81. The molecule has 0 aromatic carbocycles. The molecule has 0 amide bonds. The van der Waals surface area contributed by atoms with Crippen molar-refractivity contribution in [2.24, 2.45) is 0 Å². The summed E-state index contributed by atoms with van der Waals surface area (Å²) >= 11 is 0.625. The lowest BCUT2D eigenvalue weighted by Crippen LogP contribution is -2.24. The normalized spacial score (nSPS) is 10.1. The number of carbonyl (C=O) groups is 2. The summed E-state index contributed by atoms with van der Waals surface area (Å²) in [5, 5.41) is 10.2. The van der Waals surface area contributed by atoms with Crippen LogP contribution in [-0.4, -0.2) is 36.1 Å². The van der Waals surface area contributed by atoms with Gasteiger partial charge in [-0.2, -0.15) is 0 Å². The Morgan fingerprint density at radius 3 is 2.29 bits per heavy atom. The molecule has 0 bridgehead atoms. The SMILES string of the molecule is COC(=O)C(C(=O)OC)c1ncc([N+](=O)[O-])s1. The Hall–Kier alpha value is -2.03. The van der Waals surface area contributed by atoms with Crippen LogP contribution in [0.4, 0.5) is 5.00 Å². The van der Waals surface area contributed by atoms with E-state index in [0.717, 1.165) is 20.4 Å². The van der Waals surface area contributed by atoms with Crippen molar-refractivity contribution in [1.29, 1.82) is 0 Å². The summed E-state index contributed by atoms with van der Waals surface area (Å²) in [6.07, 6.45) is 0.971. The summed E-state index contributed by atoms with van der Waals surface area (Å²) in [7, 11) is 2.20. The predicted molar refractivity (Wildman–Crippen MR) is 55.5 cm³/mol. The molecule has 0 aliphatic heterocycles. The molecule has 0 spiro atoms. The van der Waals surface area contributed by atoms with Gasteiger partial charge in [-0.25, -0.2) is 4.98 Å². The first-order valence-electron chi connectivity index (χ1n) is 4.27. The van der Waals surface area contributed by atoms with E-state index in [1.165, 1.54) is 0 Å². The van der Waals surface area contributed by atoms with Crippen LogP contribution >= 0.6 is 11.3 Å². The molecule has 0 saturated heterocycles. The monoisotopic (exact) mass is 260 g/mol. The Morgan fingerprint density at radius 2 is 1.94 bits per heavy atom. The van der Waals surface area contributed by atoms with Crippen LogP contribution in [0.5, 0.6) is 0 Å². The van der Waals surface area contributed by atoms with Crippen molar-refractivity contribution in [3.63, 3.8) is 0 Å². The van der Waals surface area contributed by atoms with E-state index in [0.29, 0.717) is 11.3 Å². The summed E-state index contributed by atoms with van der Waals surface area (Å²) in [6, 6.07) is 0. The highest BCUT2D eigenvalue weighted by atomic mass is 32.1. The molecule has 1 rings (SSSR count). The van der Waals surface area contributed by atoms with Gasteiger partial charge in [0.25, 0.3) is 0 Å². The fraction of sp³-hybridized carbons (Fsp3) is 0.375. The maximum Gasteiger partial charge on any atom is 0.343 e. The standard InChI is InChI=1S/C8H8N2O6S/c1-15-7(11)5(8(12)16-2)6-9-3-4(17-6)10(13)14/h3,5H,1-2H3. The molecule has 0 aliphatic carbocycles. The van der Waals surface area contributed by atoms with Gasteiger partial charge in [-0.1, -0.05) is 0 Å². The molecule has 0 aliphatic rings. The minimum absolute atomic E-state index is 0.0320. The third kappa shape index (κ3) is 2.75. The van der Waals surface area contributed by atoms with Crippen LogP contribution in [0.3, 0.4) is 0 Å². The molecule has 0 N–H and O–H groups in total. The van der Waals surface area contributed by atoms with E-state index in [2.05, 4.69) is 14.5 Å². The zero-order valence-corrected chi connectivity index (χ0v) is 9.72. The van der Waals surface area contributed by atoms with Crippen LogP contribution in [0.15, 0.2) is 6.20 Å². The van der Waals surface area contributed by atoms with E-state index in [-0.39, 0.29) is 10.0 Å². The lowest BCUT2D eigenvalue weighted by atomic mass is 10.1. The fourth-order valence-corrected chi connectivity index (χ4v) is 1.84. The van der Waals surface area contributed by atoms with Crippen molar-refractivity contribution in [2.75, 3.05) is 14.2 Å². The van der Waals surface area contributed by atoms with Gasteiger partial charge in [0.15, 0.2) is 0 Å². The predicted octanol–water partition coefficient (Wildman–Crippen LogP) is 0.481. The average molecular weight is 260 g/mol. The highest BCUT2D eigenvalue weighted by molar-refractivity contribution is 7.15. The number of carbonyl (C=O) groups excluding carboxylic acids is 2. The Kier molecular flexibility index (Phi) is 4.10. The number of ether oxygens (including phenoxy) is 2. The maximum absolute atomic E-state index is 11.4. The minimum atomic E-state index is -1.39. The molecule has 8 nitrogen and oxygen atoms in total. The molecule has 0 fully saturated rings. The zero-order valence-electron chi connectivity index (χ0n) is 8.91. The van der Waals surface area contributed by atoms with Gasteiger partial charge in [-0.05, 0) is 11.3 Å². The molecule has 0 unspecified atom stereocenters. The van der Waals surface area contributed by atoms with E-state index in [1.807, 2.05) is 0 Å². The molecule has 1 heterocycles. The van der Waals surface area contributed by atoms with Crippen molar-refractivity contribution < 1.29 is 24.0 Å². The maximum atomic E-state index is 11.4. The molecule has 1 aromatic rings. The topological polar surface area (TPSA) is 109 Å². The molecule has 0 atom stereocenters. The summed E-state index contributed by atoms with van der Waals surface area (Å²) < 4.78 is 8.83. The number of nitrogens with zero attached hydrogens (tertiary/aromatic N) is 2. The summed E-state index contributed by atoms with van der Waals surface area (Å²) in [5.41, 5.74) is 0. The van der Waals surface area contributed by atoms with Crippen molar-refractivity contribution in [2.45, 2.75) is 5.92 Å². The van der Waals surface area contributed by atoms with Crippen LogP contribution in [0, 0.1) is 10.1 Å². The van der Waals surface area contributed by atoms with Gasteiger partial charge >= 0.3 is 16.9 Å². The van der Waals surface area contributed by atoms with Crippen LogP contribution in [-0.2, 0) is 19.1 Å². The minimum Gasteiger partial charge on any atom is -0.468 e. The molecular formula is C8H8N2O6S. The van der Waals surface area contributed by atoms with Crippen molar-refractivity contribution in [3.05, 3.63) is 21.3 Å². The summed E-state index contributed by atoms with van der Waals surface area (Å²) in [4.78, 5) is 36.2. The third-order valence-electron chi connectivity index (χ3n) is 1.81. The molecule has 0 radical (unpaired) electrons. The van der Waals surface area contributed by atoms with Gasteiger partial charge in [-0.15, -0.1) is 0 Å².